The van der Waals surface area contributed by atoms with Crippen LogP contribution in [0.2, 0.25) is 0 Å². The van der Waals surface area contributed by atoms with Crippen LogP contribution in [0.5, 0.6) is 0 Å². The molecule has 0 radical (unpaired) electrons. The van der Waals surface area contributed by atoms with Crippen molar-refractivity contribution in [2.45, 2.75) is 44.2 Å². The van der Waals surface area contributed by atoms with Crippen molar-refractivity contribution in [1.82, 2.24) is 10.2 Å². The van der Waals surface area contributed by atoms with E-state index in [-0.39, 0.29) is 5.54 Å². The lowest BCUT2D eigenvalue weighted by Crippen LogP contribution is -2.62. The van der Waals surface area contributed by atoms with E-state index in [2.05, 4.69) is 47.5 Å². The van der Waals surface area contributed by atoms with Gasteiger partial charge in [0.2, 0.25) is 0 Å². The molecule has 1 aliphatic heterocycles. The predicted octanol–water partition coefficient (Wildman–Crippen LogP) is 3.00. The SMILES string of the molecule is CC1(c2ccccc2)CN(CC2CC2)C(C2CC2)CN1. The third kappa shape index (κ3) is 2.51. The highest BCUT2D eigenvalue weighted by atomic mass is 15.3. The maximum Gasteiger partial charge on any atom is 0.0535 e. The summed E-state index contributed by atoms with van der Waals surface area (Å²) in [6.07, 6.45) is 5.83. The molecule has 3 aliphatic rings. The van der Waals surface area contributed by atoms with Gasteiger partial charge in [0.15, 0.2) is 0 Å². The number of benzene rings is 1. The second-order valence-electron chi connectivity index (χ2n) is 7.36. The maximum atomic E-state index is 3.87. The van der Waals surface area contributed by atoms with E-state index in [1.807, 2.05) is 0 Å². The van der Waals surface area contributed by atoms with E-state index in [1.165, 1.54) is 50.9 Å². The molecule has 0 bridgehead atoms. The summed E-state index contributed by atoms with van der Waals surface area (Å²) >= 11 is 0. The molecule has 4 rings (SSSR count). The van der Waals surface area contributed by atoms with Gasteiger partial charge in [-0.25, -0.2) is 0 Å². The van der Waals surface area contributed by atoms with Gasteiger partial charge in [0.1, 0.15) is 0 Å². The molecule has 2 aliphatic carbocycles. The third-order valence-corrected chi connectivity index (χ3v) is 5.46. The first-order chi connectivity index (χ1) is 9.74. The standard InChI is InChI=1S/C18H26N2/c1-18(16-5-3-2-4-6-16)13-20(12-14-7-8-14)17(11-19-18)15-9-10-15/h2-6,14-15,17,19H,7-13H2,1H3. The Bertz CT molecular complexity index is 464. The second-order valence-corrected chi connectivity index (χ2v) is 7.36. The molecule has 1 aromatic rings. The Hall–Kier alpha value is -0.860. The molecule has 20 heavy (non-hydrogen) atoms. The van der Waals surface area contributed by atoms with Crippen LogP contribution in [0.15, 0.2) is 30.3 Å². The van der Waals surface area contributed by atoms with E-state index in [9.17, 15) is 0 Å². The molecule has 0 spiro atoms. The topological polar surface area (TPSA) is 15.3 Å². The molecule has 108 valence electrons. The monoisotopic (exact) mass is 270 g/mol. The number of hydrogen-bond acceptors (Lipinski definition) is 2. The predicted molar refractivity (Wildman–Crippen MR) is 82.6 cm³/mol. The lowest BCUT2D eigenvalue weighted by atomic mass is 9.87. The molecule has 2 unspecified atom stereocenters. The van der Waals surface area contributed by atoms with Crippen LogP contribution in [0.25, 0.3) is 0 Å². The van der Waals surface area contributed by atoms with Crippen LogP contribution in [0.4, 0.5) is 0 Å². The maximum absolute atomic E-state index is 3.87. The van der Waals surface area contributed by atoms with Gasteiger partial charge in [0.25, 0.3) is 0 Å². The minimum atomic E-state index is 0.127. The number of rotatable bonds is 4. The summed E-state index contributed by atoms with van der Waals surface area (Å²) in [7, 11) is 0. The summed E-state index contributed by atoms with van der Waals surface area (Å²) in [4.78, 5) is 2.82. The number of hydrogen-bond donors (Lipinski definition) is 1. The van der Waals surface area contributed by atoms with E-state index in [0.29, 0.717) is 0 Å². The Morgan fingerprint density at radius 2 is 1.90 bits per heavy atom. The van der Waals surface area contributed by atoms with Crippen molar-refractivity contribution in [2.75, 3.05) is 19.6 Å². The van der Waals surface area contributed by atoms with Crippen molar-refractivity contribution in [3.05, 3.63) is 35.9 Å². The van der Waals surface area contributed by atoms with E-state index in [4.69, 9.17) is 0 Å². The van der Waals surface area contributed by atoms with Crippen LogP contribution in [-0.2, 0) is 5.54 Å². The summed E-state index contributed by atoms with van der Waals surface area (Å²) in [5.74, 6) is 1.97. The molecule has 0 aromatic heterocycles. The van der Waals surface area contributed by atoms with Crippen molar-refractivity contribution < 1.29 is 0 Å². The zero-order valence-electron chi connectivity index (χ0n) is 12.5. The molecule has 1 N–H and O–H groups in total. The minimum absolute atomic E-state index is 0.127. The Morgan fingerprint density at radius 3 is 2.55 bits per heavy atom. The normalized spacial score (nSPS) is 35.1. The van der Waals surface area contributed by atoms with Crippen LogP contribution in [0, 0.1) is 11.8 Å². The van der Waals surface area contributed by atoms with Gasteiger partial charge in [0, 0.05) is 25.7 Å². The molecule has 2 saturated carbocycles. The molecule has 2 atom stereocenters. The summed E-state index contributed by atoms with van der Waals surface area (Å²) in [5.41, 5.74) is 1.57. The highest BCUT2D eigenvalue weighted by molar-refractivity contribution is 5.25. The van der Waals surface area contributed by atoms with E-state index < -0.39 is 0 Å². The van der Waals surface area contributed by atoms with Crippen molar-refractivity contribution >= 4 is 0 Å². The average Bonchev–Trinajstić information content (AvgIpc) is 3.34. The fraction of sp³-hybridized carbons (Fsp3) is 0.667. The molecular formula is C18H26N2. The molecule has 1 saturated heterocycles. The summed E-state index contributed by atoms with van der Waals surface area (Å²) < 4.78 is 0. The van der Waals surface area contributed by atoms with Crippen molar-refractivity contribution in [3.63, 3.8) is 0 Å². The fourth-order valence-electron chi connectivity index (χ4n) is 3.82. The fourth-order valence-corrected chi connectivity index (χ4v) is 3.82. The minimum Gasteiger partial charge on any atom is -0.305 e. The van der Waals surface area contributed by atoms with Crippen molar-refractivity contribution in [1.29, 1.82) is 0 Å². The van der Waals surface area contributed by atoms with Gasteiger partial charge >= 0.3 is 0 Å². The smallest absolute Gasteiger partial charge is 0.0535 e. The van der Waals surface area contributed by atoms with Crippen LogP contribution in [0.3, 0.4) is 0 Å². The zero-order valence-corrected chi connectivity index (χ0v) is 12.5. The highest BCUT2D eigenvalue weighted by Crippen LogP contribution is 2.41. The Morgan fingerprint density at radius 1 is 1.15 bits per heavy atom. The highest BCUT2D eigenvalue weighted by Gasteiger charge is 2.44. The largest absolute Gasteiger partial charge is 0.305 e. The Labute approximate surface area is 122 Å². The molecule has 2 nitrogen and oxygen atoms in total. The van der Waals surface area contributed by atoms with Gasteiger partial charge < -0.3 is 5.32 Å². The molecule has 1 heterocycles. The van der Waals surface area contributed by atoms with Crippen molar-refractivity contribution in [3.8, 4) is 0 Å². The van der Waals surface area contributed by atoms with Crippen LogP contribution >= 0.6 is 0 Å². The van der Waals surface area contributed by atoms with Gasteiger partial charge in [0.05, 0.1) is 5.54 Å². The van der Waals surface area contributed by atoms with Gasteiger partial charge in [-0.05, 0) is 50.0 Å². The van der Waals surface area contributed by atoms with E-state index in [0.717, 1.165) is 17.9 Å². The first-order valence-electron chi connectivity index (χ1n) is 8.29. The molecule has 3 fully saturated rings. The number of piperazine rings is 1. The van der Waals surface area contributed by atoms with E-state index >= 15 is 0 Å². The molecular weight excluding hydrogens is 244 g/mol. The zero-order chi connectivity index (χ0) is 13.6. The second kappa shape index (κ2) is 4.85. The van der Waals surface area contributed by atoms with Crippen molar-refractivity contribution in [2.24, 2.45) is 11.8 Å². The Kier molecular flexibility index (Phi) is 3.12. The lowest BCUT2D eigenvalue weighted by molar-refractivity contribution is 0.0694. The summed E-state index contributed by atoms with van der Waals surface area (Å²) in [5, 5.41) is 3.87. The van der Waals surface area contributed by atoms with Crippen LogP contribution in [0.1, 0.15) is 38.2 Å². The first kappa shape index (κ1) is 12.8. The molecule has 2 heteroatoms. The van der Waals surface area contributed by atoms with E-state index in [1.54, 1.807) is 0 Å². The van der Waals surface area contributed by atoms with Gasteiger partial charge in [-0.2, -0.15) is 0 Å². The van der Waals surface area contributed by atoms with Crippen LogP contribution in [-0.4, -0.2) is 30.6 Å². The Balaban J connectivity index is 1.54. The number of nitrogens with one attached hydrogen (secondary N) is 1. The average molecular weight is 270 g/mol. The lowest BCUT2D eigenvalue weighted by Gasteiger charge is -2.47. The number of nitrogens with zero attached hydrogens (tertiary/aromatic N) is 1. The third-order valence-electron chi connectivity index (χ3n) is 5.46. The quantitative estimate of drug-likeness (QED) is 0.905. The summed E-state index contributed by atoms with van der Waals surface area (Å²) in [6, 6.07) is 11.8. The van der Waals surface area contributed by atoms with Gasteiger partial charge in [-0.1, -0.05) is 30.3 Å². The molecule has 0 amide bonds. The van der Waals surface area contributed by atoms with Gasteiger partial charge in [-0.3, -0.25) is 4.90 Å². The summed E-state index contributed by atoms with van der Waals surface area (Å²) in [6.45, 7) is 6.06. The molecule has 1 aromatic carbocycles. The van der Waals surface area contributed by atoms with Crippen LogP contribution < -0.4 is 5.32 Å². The van der Waals surface area contributed by atoms with Gasteiger partial charge in [-0.15, -0.1) is 0 Å². The first-order valence-corrected chi connectivity index (χ1v) is 8.29.